The van der Waals surface area contributed by atoms with E-state index in [0.717, 1.165) is 9.35 Å². The molecule has 0 unspecified atom stereocenters. The van der Waals surface area contributed by atoms with Crippen LogP contribution in [0.3, 0.4) is 0 Å². The molecule has 0 saturated carbocycles. The van der Waals surface area contributed by atoms with Crippen LogP contribution in [0, 0.1) is 6.92 Å². The number of hydrogen-bond acceptors (Lipinski definition) is 4. The highest BCUT2D eigenvalue weighted by molar-refractivity contribution is 9.11. The molecule has 0 N–H and O–H groups in total. The van der Waals surface area contributed by atoms with E-state index in [0.29, 0.717) is 16.1 Å². The molecule has 0 aliphatic carbocycles. The van der Waals surface area contributed by atoms with Gasteiger partial charge in [0, 0.05) is 7.05 Å². The maximum absolute atomic E-state index is 12.5. The van der Waals surface area contributed by atoms with Crippen molar-refractivity contribution in [2.75, 3.05) is 19.1 Å². The van der Waals surface area contributed by atoms with E-state index in [1.807, 2.05) is 13.0 Å². The SMILES string of the molecule is COC(=O)c1ccccc1N(C)C(=O)c1cc(C)c(Br)s1. The summed E-state index contributed by atoms with van der Waals surface area (Å²) in [6.45, 7) is 1.93. The van der Waals surface area contributed by atoms with Crippen LogP contribution in [-0.4, -0.2) is 26.0 Å². The normalized spacial score (nSPS) is 10.3. The Hall–Kier alpha value is -1.66. The second-order valence-corrected chi connectivity index (χ2v) is 6.81. The summed E-state index contributed by atoms with van der Waals surface area (Å²) >= 11 is 4.79. The summed E-state index contributed by atoms with van der Waals surface area (Å²) in [5, 5.41) is 0. The molecular formula is C15H14BrNO3S. The van der Waals surface area contributed by atoms with Crippen molar-refractivity contribution in [2.45, 2.75) is 6.92 Å². The molecule has 4 nitrogen and oxygen atoms in total. The molecular weight excluding hydrogens is 354 g/mol. The number of nitrogens with zero attached hydrogens (tertiary/aromatic N) is 1. The predicted octanol–water partition coefficient (Wildman–Crippen LogP) is 3.88. The van der Waals surface area contributed by atoms with Crippen molar-refractivity contribution in [1.82, 2.24) is 0 Å². The number of carbonyl (C=O) groups excluding carboxylic acids is 2. The van der Waals surface area contributed by atoms with Crippen LogP contribution in [-0.2, 0) is 4.74 Å². The highest BCUT2D eigenvalue weighted by Gasteiger charge is 2.21. The van der Waals surface area contributed by atoms with Gasteiger partial charge in [0.15, 0.2) is 0 Å². The molecule has 6 heteroatoms. The summed E-state index contributed by atoms with van der Waals surface area (Å²) in [4.78, 5) is 26.4. The number of benzene rings is 1. The zero-order chi connectivity index (χ0) is 15.6. The van der Waals surface area contributed by atoms with Gasteiger partial charge < -0.3 is 9.64 Å². The van der Waals surface area contributed by atoms with Crippen LogP contribution in [0.4, 0.5) is 5.69 Å². The highest BCUT2D eigenvalue weighted by Crippen LogP contribution is 2.30. The summed E-state index contributed by atoms with van der Waals surface area (Å²) in [6.07, 6.45) is 0. The van der Waals surface area contributed by atoms with E-state index in [-0.39, 0.29) is 5.91 Å². The maximum atomic E-state index is 12.5. The minimum absolute atomic E-state index is 0.162. The van der Waals surface area contributed by atoms with Crippen LogP contribution in [0.15, 0.2) is 34.1 Å². The number of aryl methyl sites for hydroxylation is 1. The van der Waals surface area contributed by atoms with E-state index in [9.17, 15) is 9.59 Å². The van der Waals surface area contributed by atoms with Gasteiger partial charge in [-0.2, -0.15) is 0 Å². The molecule has 1 amide bonds. The number of halogens is 1. The molecule has 1 aromatic carbocycles. The molecule has 0 aliphatic rings. The van der Waals surface area contributed by atoms with Gasteiger partial charge in [-0.25, -0.2) is 4.79 Å². The number of carbonyl (C=O) groups is 2. The zero-order valence-corrected chi connectivity index (χ0v) is 14.2. The number of hydrogen-bond donors (Lipinski definition) is 0. The van der Waals surface area contributed by atoms with E-state index >= 15 is 0 Å². The third kappa shape index (κ3) is 3.16. The van der Waals surface area contributed by atoms with E-state index < -0.39 is 5.97 Å². The molecule has 1 aromatic heterocycles. The fourth-order valence-corrected chi connectivity index (χ4v) is 3.40. The van der Waals surface area contributed by atoms with Gasteiger partial charge in [0.1, 0.15) is 0 Å². The highest BCUT2D eigenvalue weighted by atomic mass is 79.9. The Morgan fingerprint density at radius 2 is 1.95 bits per heavy atom. The van der Waals surface area contributed by atoms with Gasteiger partial charge in [0.05, 0.1) is 27.0 Å². The average Bonchev–Trinajstić information content (AvgIpc) is 2.84. The van der Waals surface area contributed by atoms with E-state index in [1.54, 1.807) is 31.3 Å². The Morgan fingerprint density at radius 3 is 2.52 bits per heavy atom. The van der Waals surface area contributed by atoms with Crippen molar-refractivity contribution in [3.05, 3.63) is 50.1 Å². The summed E-state index contributed by atoms with van der Waals surface area (Å²) in [6, 6.07) is 8.70. The Balaban J connectivity index is 2.38. The van der Waals surface area contributed by atoms with Crippen molar-refractivity contribution in [3.63, 3.8) is 0 Å². The van der Waals surface area contributed by atoms with Gasteiger partial charge in [-0.15, -0.1) is 11.3 Å². The minimum Gasteiger partial charge on any atom is -0.465 e. The predicted molar refractivity (Wildman–Crippen MR) is 87.3 cm³/mol. The molecule has 0 radical (unpaired) electrons. The third-order valence-electron chi connectivity index (χ3n) is 3.04. The van der Waals surface area contributed by atoms with Crippen molar-refractivity contribution in [3.8, 4) is 0 Å². The molecule has 0 spiro atoms. The van der Waals surface area contributed by atoms with Crippen LogP contribution < -0.4 is 4.90 Å². The second kappa shape index (κ2) is 6.41. The number of thiophene rings is 1. The molecule has 1 heterocycles. The second-order valence-electron chi connectivity index (χ2n) is 4.44. The Morgan fingerprint density at radius 1 is 1.29 bits per heavy atom. The third-order valence-corrected chi connectivity index (χ3v) is 5.17. The lowest BCUT2D eigenvalue weighted by atomic mass is 10.1. The summed E-state index contributed by atoms with van der Waals surface area (Å²) in [7, 11) is 2.97. The van der Waals surface area contributed by atoms with Crippen LogP contribution >= 0.6 is 27.3 Å². The lowest BCUT2D eigenvalue weighted by Gasteiger charge is -2.19. The molecule has 0 aliphatic heterocycles. The molecule has 21 heavy (non-hydrogen) atoms. The van der Waals surface area contributed by atoms with Crippen LogP contribution in [0.2, 0.25) is 0 Å². The van der Waals surface area contributed by atoms with Crippen LogP contribution in [0.1, 0.15) is 25.6 Å². The quantitative estimate of drug-likeness (QED) is 0.773. The first-order valence-corrected chi connectivity index (χ1v) is 7.78. The molecule has 0 saturated heterocycles. The largest absolute Gasteiger partial charge is 0.465 e. The standard InChI is InChI=1S/C15H14BrNO3S/c1-9-8-12(21-13(9)16)14(18)17(2)11-7-5-4-6-10(11)15(19)20-3/h4-8H,1-3H3. The molecule has 2 rings (SSSR count). The number of anilines is 1. The molecule has 0 fully saturated rings. The van der Waals surface area contributed by atoms with Gasteiger partial charge in [-0.1, -0.05) is 12.1 Å². The number of rotatable bonds is 3. The number of amides is 1. The van der Waals surface area contributed by atoms with Crippen molar-refractivity contribution < 1.29 is 14.3 Å². The lowest BCUT2D eigenvalue weighted by Crippen LogP contribution is -2.27. The monoisotopic (exact) mass is 367 g/mol. The van der Waals surface area contributed by atoms with E-state index in [4.69, 9.17) is 4.74 Å². The van der Waals surface area contributed by atoms with Crippen molar-refractivity contribution >= 4 is 44.8 Å². The summed E-state index contributed by atoms with van der Waals surface area (Å²) < 4.78 is 5.68. The number of esters is 1. The lowest BCUT2D eigenvalue weighted by molar-refractivity contribution is 0.0601. The van der Waals surface area contributed by atoms with Gasteiger partial charge in [-0.3, -0.25) is 4.79 Å². The van der Waals surface area contributed by atoms with Gasteiger partial charge in [0.2, 0.25) is 0 Å². The van der Waals surface area contributed by atoms with E-state index in [1.165, 1.54) is 23.3 Å². The minimum atomic E-state index is -0.464. The van der Waals surface area contributed by atoms with E-state index in [2.05, 4.69) is 15.9 Å². The van der Waals surface area contributed by atoms with Gasteiger partial charge >= 0.3 is 5.97 Å². The molecule has 110 valence electrons. The Kier molecular flexibility index (Phi) is 4.80. The smallest absolute Gasteiger partial charge is 0.339 e. The van der Waals surface area contributed by atoms with Gasteiger partial charge in [-0.05, 0) is 46.6 Å². The summed E-state index contributed by atoms with van der Waals surface area (Å²) in [5.74, 6) is -0.626. The maximum Gasteiger partial charge on any atom is 0.339 e. The number of ether oxygens (including phenoxy) is 1. The molecule has 0 bridgehead atoms. The Bertz CT molecular complexity index is 676. The topological polar surface area (TPSA) is 46.6 Å². The van der Waals surface area contributed by atoms with Crippen molar-refractivity contribution in [1.29, 1.82) is 0 Å². The first-order chi connectivity index (χ1) is 9.95. The Labute approximate surface area is 135 Å². The first-order valence-electron chi connectivity index (χ1n) is 6.17. The zero-order valence-electron chi connectivity index (χ0n) is 11.8. The van der Waals surface area contributed by atoms with Crippen molar-refractivity contribution in [2.24, 2.45) is 0 Å². The van der Waals surface area contributed by atoms with Crippen LogP contribution in [0.5, 0.6) is 0 Å². The van der Waals surface area contributed by atoms with Crippen LogP contribution in [0.25, 0.3) is 0 Å². The molecule has 0 atom stereocenters. The van der Waals surface area contributed by atoms with Gasteiger partial charge in [0.25, 0.3) is 5.91 Å². The fourth-order valence-electron chi connectivity index (χ4n) is 1.89. The first kappa shape index (κ1) is 15.7. The number of para-hydroxylation sites is 1. The molecule has 2 aromatic rings. The summed E-state index contributed by atoms with van der Waals surface area (Å²) in [5.41, 5.74) is 1.90. The number of methoxy groups -OCH3 is 1. The average molecular weight is 368 g/mol. The fraction of sp³-hybridized carbons (Fsp3) is 0.200.